The number of amides is 1. The SMILES string of the molecule is CCN1CCN(C(=O)c2cc(S(C)(=O)=O)ccc2Cl)CC1. The summed E-state index contributed by atoms with van der Waals surface area (Å²) in [5.74, 6) is -0.207. The van der Waals surface area contributed by atoms with E-state index in [9.17, 15) is 13.2 Å². The molecule has 1 aromatic carbocycles. The van der Waals surface area contributed by atoms with E-state index in [4.69, 9.17) is 11.6 Å². The number of likely N-dealkylation sites (N-methyl/N-ethyl adjacent to an activating group) is 1. The molecule has 2 rings (SSSR count). The minimum absolute atomic E-state index is 0.113. The molecule has 1 aliphatic heterocycles. The lowest BCUT2D eigenvalue weighted by Gasteiger charge is -2.34. The van der Waals surface area contributed by atoms with Crippen LogP contribution in [0, 0.1) is 0 Å². The molecule has 0 unspecified atom stereocenters. The molecule has 0 saturated carbocycles. The largest absolute Gasteiger partial charge is 0.336 e. The number of sulfone groups is 1. The number of carbonyl (C=O) groups is 1. The summed E-state index contributed by atoms with van der Waals surface area (Å²) >= 11 is 6.06. The van der Waals surface area contributed by atoms with Crippen LogP contribution in [-0.2, 0) is 9.84 Å². The molecule has 0 bridgehead atoms. The first-order valence-corrected chi connectivity index (χ1v) is 9.11. The third-order valence-corrected chi connectivity index (χ3v) is 5.14. The maximum atomic E-state index is 12.5. The third kappa shape index (κ3) is 3.75. The second-order valence-electron chi connectivity index (χ2n) is 5.14. The van der Waals surface area contributed by atoms with Crippen molar-refractivity contribution < 1.29 is 13.2 Å². The molecule has 1 heterocycles. The van der Waals surface area contributed by atoms with E-state index in [0.717, 1.165) is 25.9 Å². The molecule has 0 radical (unpaired) electrons. The molecule has 1 amide bonds. The lowest BCUT2D eigenvalue weighted by Crippen LogP contribution is -2.48. The molecule has 5 nitrogen and oxygen atoms in total. The van der Waals surface area contributed by atoms with Crippen LogP contribution in [0.1, 0.15) is 17.3 Å². The van der Waals surface area contributed by atoms with Gasteiger partial charge in [0.25, 0.3) is 5.91 Å². The molecule has 1 aliphatic rings. The number of halogens is 1. The Labute approximate surface area is 130 Å². The van der Waals surface area contributed by atoms with Gasteiger partial charge in [0.1, 0.15) is 0 Å². The zero-order chi connectivity index (χ0) is 15.6. The van der Waals surface area contributed by atoms with Crippen molar-refractivity contribution in [2.24, 2.45) is 0 Å². The number of piperazine rings is 1. The topological polar surface area (TPSA) is 57.7 Å². The number of rotatable bonds is 3. The van der Waals surface area contributed by atoms with E-state index in [1.807, 2.05) is 0 Å². The Morgan fingerprint density at radius 1 is 1.24 bits per heavy atom. The summed E-state index contributed by atoms with van der Waals surface area (Å²) in [6.45, 7) is 5.96. The monoisotopic (exact) mass is 330 g/mol. The Hall–Kier alpha value is -1.11. The van der Waals surface area contributed by atoms with Crippen molar-refractivity contribution in [3.05, 3.63) is 28.8 Å². The van der Waals surface area contributed by atoms with Crippen LogP contribution in [0.15, 0.2) is 23.1 Å². The molecule has 1 fully saturated rings. The molecular weight excluding hydrogens is 312 g/mol. The summed E-state index contributed by atoms with van der Waals surface area (Å²) in [5.41, 5.74) is 0.254. The molecule has 1 aromatic rings. The van der Waals surface area contributed by atoms with Gasteiger partial charge in [-0.05, 0) is 24.7 Å². The van der Waals surface area contributed by atoms with E-state index >= 15 is 0 Å². The molecule has 0 aromatic heterocycles. The van der Waals surface area contributed by atoms with Crippen LogP contribution in [0.5, 0.6) is 0 Å². The predicted octanol–water partition coefficient (Wildman–Crippen LogP) is 1.52. The van der Waals surface area contributed by atoms with Gasteiger partial charge in [-0.1, -0.05) is 18.5 Å². The minimum atomic E-state index is -3.36. The van der Waals surface area contributed by atoms with Gasteiger partial charge >= 0.3 is 0 Å². The Bertz CT molecular complexity index is 638. The Kier molecular flexibility index (Phi) is 4.91. The zero-order valence-electron chi connectivity index (χ0n) is 12.2. The Morgan fingerprint density at radius 2 is 1.86 bits per heavy atom. The van der Waals surface area contributed by atoms with Crippen molar-refractivity contribution in [3.8, 4) is 0 Å². The summed E-state index contributed by atoms with van der Waals surface area (Å²) in [7, 11) is -3.36. The Morgan fingerprint density at radius 3 is 2.38 bits per heavy atom. The van der Waals surface area contributed by atoms with Gasteiger partial charge in [0.2, 0.25) is 0 Å². The normalized spacial score (nSPS) is 17.0. The van der Waals surface area contributed by atoms with E-state index in [1.54, 1.807) is 4.90 Å². The highest BCUT2D eigenvalue weighted by Gasteiger charge is 2.24. The zero-order valence-corrected chi connectivity index (χ0v) is 13.7. The highest BCUT2D eigenvalue weighted by Crippen LogP contribution is 2.22. The molecule has 0 spiro atoms. The third-order valence-electron chi connectivity index (χ3n) is 3.70. The van der Waals surface area contributed by atoms with E-state index in [0.29, 0.717) is 13.1 Å². The number of carbonyl (C=O) groups excluding carboxylic acids is 1. The van der Waals surface area contributed by atoms with Gasteiger partial charge in [-0.15, -0.1) is 0 Å². The van der Waals surface area contributed by atoms with E-state index in [1.165, 1.54) is 18.2 Å². The first-order chi connectivity index (χ1) is 9.82. The van der Waals surface area contributed by atoms with Gasteiger partial charge in [-0.25, -0.2) is 8.42 Å². The first-order valence-electron chi connectivity index (χ1n) is 6.84. The molecular formula is C14H19ClN2O3S. The fourth-order valence-corrected chi connectivity index (χ4v) is 3.18. The average Bonchev–Trinajstić information content (AvgIpc) is 2.46. The first kappa shape index (κ1) is 16.3. The van der Waals surface area contributed by atoms with Crippen LogP contribution in [-0.4, -0.2) is 63.1 Å². The molecule has 0 N–H and O–H groups in total. The van der Waals surface area contributed by atoms with Crippen LogP contribution in [0.3, 0.4) is 0 Å². The van der Waals surface area contributed by atoms with Gasteiger partial charge in [-0.2, -0.15) is 0 Å². The molecule has 0 atom stereocenters. The highest BCUT2D eigenvalue weighted by atomic mass is 35.5. The van der Waals surface area contributed by atoms with Crippen molar-refractivity contribution in [2.45, 2.75) is 11.8 Å². The van der Waals surface area contributed by atoms with E-state index in [-0.39, 0.29) is 21.4 Å². The van der Waals surface area contributed by atoms with Crippen LogP contribution >= 0.6 is 11.6 Å². The number of nitrogens with zero attached hydrogens (tertiary/aromatic N) is 2. The average molecular weight is 331 g/mol. The van der Waals surface area contributed by atoms with Gasteiger partial charge in [0.05, 0.1) is 15.5 Å². The van der Waals surface area contributed by atoms with Gasteiger partial charge in [0.15, 0.2) is 9.84 Å². The van der Waals surface area contributed by atoms with Gasteiger partial charge in [0, 0.05) is 32.4 Å². The van der Waals surface area contributed by atoms with Crippen molar-refractivity contribution >= 4 is 27.3 Å². The van der Waals surface area contributed by atoms with E-state index in [2.05, 4.69) is 11.8 Å². The quantitative estimate of drug-likeness (QED) is 0.843. The second-order valence-corrected chi connectivity index (χ2v) is 7.56. The predicted molar refractivity (Wildman–Crippen MR) is 82.6 cm³/mol. The number of benzene rings is 1. The van der Waals surface area contributed by atoms with Crippen molar-refractivity contribution in [1.29, 1.82) is 0 Å². The summed E-state index contributed by atoms with van der Waals surface area (Å²) < 4.78 is 23.2. The van der Waals surface area contributed by atoms with Crippen LogP contribution in [0.4, 0.5) is 0 Å². The number of hydrogen-bond acceptors (Lipinski definition) is 4. The fourth-order valence-electron chi connectivity index (χ4n) is 2.34. The van der Waals surface area contributed by atoms with Gasteiger partial charge in [-0.3, -0.25) is 4.79 Å². The van der Waals surface area contributed by atoms with Gasteiger partial charge < -0.3 is 9.80 Å². The standard InChI is InChI=1S/C14H19ClN2O3S/c1-3-16-6-8-17(9-7-16)14(18)12-10-11(21(2,19)20)4-5-13(12)15/h4-5,10H,3,6-9H2,1-2H3. The van der Waals surface area contributed by atoms with Crippen molar-refractivity contribution in [2.75, 3.05) is 39.0 Å². The van der Waals surface area contributed by atoms with Crippen molar-refractivity contribution in [1.82, 2.24) is 9.80 Å². The van der Waals surface area contributed by atoms with Crippen LogP contribution in [0.2, 0.25) is 5.02 Å². The summed E-state index contributed by atoms with van der Waals surface area (Å²) in [6.07, 6.45) is 1.12. The molecule has 1 saturated heterocycles. The fraction of sp³-hybridized carbons (Fsp3) is 0.500. The summed E-state index contributed by atoms with van der Waals surface area (Å²) in [6, 6.07) is 4.25. The lowest BCUT2D eigenvalue weighted by molar-refractivity contribution is 0.0643. The summed E-state index contributed by atoms with van der Waals surface area (Å²) in [4.78, 5) is 16.6. The molecule has 0 aliphatic carbocycles. The van der Waals surface area contributed by atoms with Crippen LogP contribution in [0.25, 0.3) is 0 Å². The smallest absolute Gasteiger partial charge is 0.255 e. The summed E-state index contributed by atoms with van der Waals surface area (Å²) in [5, 5.41) is 0.283. The number of hydrogen-bond donors (Lipinski definition) is 0. The second kappa shape index (κ2) is 6.34. The minimum Gasteiger partial charge on any atom is -0.336 e. The van der Waals surface area contributed by atoms with Crippen LogP contribution < -0.4 is 0 Å². The molecule has 21 heavy (non-hydrogen) atoms. The Balaban J connectivity index is 2.23. The molecule has 116 valence electrons. The van der Waals surface area contributed by atoms with Crippen molar-refractivity contribution in [3.63, 3.8) is 0 Å². The lowest BCUT2D eigenvalue weighted by atomic mass is 10.2. The molecule has 7 heteroatoms. The van der Waals surface area contributed by atoms with E-state index < -0.39 is 9.84 Å². The maximum Gasteiger partial charge on any atom is 0.255 e. The highest BCUT2D eigenvalue weighted by molar-refractivity contribution is 7.90. The maximum absolute atomic E-state index is 12.5.